The second-order valence-corrected chi connectivity index (χ2v) is 8.22. The van der Waals surface area contributed by atoms with Crippen molar-refractivity contribution in [3.63, 3.8) is 0 Å². The fourth-order valence-electron chi connectivity index (χ4n) is 2.92. The van der Waals surface area contributed by atoms with Crippen molar-refractivity contribution in [2.75, 3.05) is 5.32 Å². The van der Waals surface area contributed by atoms with Crippen molar-refractivity contribution in [3.8, 4) is 0 Å². The number of nitrogens with zero attached hydrogens (tertiary/aromatic N) is 2. The minimum Gasteiger partial charge on any atom is -0.325 e. The number of aromatic nitrogens is 2. The molecule has 1 N–H and O–H groups in total. The lowest BCUT2D eigenvalue weighted by Crippen LogP contribution is -2.19. The molecule has 4 rings (SSSR count). The van der Waals surface area contributed by atoms with Gasteiger partial charge in [-0.05, 0) is 29.8 Å². The number of hydrogen-bond acceptors (Lipinski definition) is 4. The van der Waals surface area contributed by atoms with E-state index in [0.717, 1.165) is 21.5 Å². The monoisotopic (exact) mass is 439 g/mol. The molecule has 0 aliphatic carbocycles. The number of benzene rings is 3. The van der Waals surface area contributed by atoms with Crippen molar-refractivity contribution in [2.45, 2.75) is 10.3 Å². The highest BCUT2D eigenvalue weighted by molar-refractivity contribution is 8.00. The minimum atomic E-state index is -0.521. The van der Waals surface area contributed by atoms with Crippen LogP contribution in [0.2, 0.25) is 10.0 Å². The maximum absolute atomic E-state index is 13.2. The third-order valence-electron chi connectivity index (χ3n) is 4.21. The van der Waals surface area contributed by atoms with Crippen LogP contribution in [-0.2, 0) is 4.79 Å². The van der Waals surface area contributed by atoms with Crippen molar-refractivity contribution < 1.29 is 4.79 Å². The van der Waals surface area contributed by atoms with E-state index in [1.54, 1.807) is 18.2 Å². The van der Waals surface area contributed by atoms with E-state index in [1.165, 1.54) is 18.1 Å². The van der Waals surface area contributed by atoms with Gasteiger partial charge < -0.3 is 5.32 Å². The Balaban J connectivity index is 1.69. The Bertz CT molecular complexity index is 1150. The lowest BCUT2D eigenvalue weighted by Gasteiger charge is -2.17. The zero-order valence-corrected chi connectivity index (χ0v) is 17.4. The lowest BCUT2D eigenvalue weighted by atomic mass is 10.1. The van der Waals surface area contributed by atoms with Gasteiger partial charge in [0.05, 0.1) is 5.52 Å². The largest absolute Gasteiger partial charge is 0.325 e. The third-order valence-corrected chi connectivity index (χ3v) is 5.91. The Morgan fingerprint density at radius 2 is 1.59 bits per heavy atom. The average Bonchev–Trinajstić information content (AvgIpc) is 2.72. The van der Waals surface area contributed by atoms with E-state index in [1.807, 2.05) is 54.6 Å². The van der Waals surface area contributed by atoms with Crippen molar-refractivity contribution in [1.29, 1.82) is 0 Å². The Kier molecular flexibility index (Phi) is 6.00. The van der Waals surface area contributed by atoms with E-state index in [0.29, 0.717) is 15.7 Å². The molecule has 4 nitrogen and oxygen atoms in total. The van der Waals surface area contributed by atoms with Gasteiger partial charge in [-0.2, -0.15) is 0 Å². The lowest BCUT2D eigenvalue weighted by molar-refractivity contribution is -0.115. The molecule has 1 heterocycles. The summed E-state index contributed by atoms with van der Waals surface area (Å²) in [4.78, 5) is 21.9. The molecule has 7 heteroatoms. The van der Waals surface area contributed by atoms with Crippen LogP contribution in [0, 0.1) is 0 Å². The van der Waals surface area contributed by atoms with Gasteiger partial charge >= 0.3 is 0 Å². The number of halogens is 2. The van der Waals surface area contributed by atoms with Gasteiger partial charge in [-0.1, -0.05) is 83.5 Å². The Hall–Kier alpha value is -2.60. The van der Waals surface area contributed by atoms with Gasteiger partial charge in [0, 0.05) is 21.1 Å². The first-order chi connectivity index (χ1) is 14.1. The van der Waals surface area contributed by atoms with Crippen LogP contribution < -0.4 is 5.32 Å². The zero-order chi connectivity index (χ0) is 20.2. The molecular formula is C22H15Cl2N3OS. The van der Waals surface area contributed by atoms with E-state index in [9.17, 15) is 4.79 Å². The summed E-state index contributed by atoms with van der Waals surface area (Å²) < 4.78 is 0. The number of amides is 1. The van der Waals surface area contributed by atoms with Gasteiger partial charge in [0.2, 0.25) is 5.91 Å². The number of carbonyl (C=O) groups is 1. The maximum atomic E-state index is 13.2. The van der Waals surface area contributed by atoms with Crippen LogP contribution in [0.5, 0.6) is 0 Å². The molecule has 3 aromatic carbocycles. The zero-order valence-electron chi connectivity index (χ0n) is 15.0. The molecule has 4 aromatic rings. The predicted octanol–water partition coefficient (Wildman–Crippen LogP) is 6.41. The van der Waals surface area contributed by atoms with Gasteiger partial charge in [0.1, 0.15) is 16.6 Å². The summed E-state index contributed by atoms with van der Waals surface area (Å²) >= 11 is 13.5. The first-order valence-electron chi connectivity index (χ1n) is 8.78. The molecule has 0 fully saturated rings. The highest BCUT2D eigenvalue weighted by atomic mass is 35.5. The number of rotatable bonds is 5. The molecule has 144 valence electrons. The molecule has 0 aliphatic heterocycles. The van der Waals surface area contributed by atoms with Crippen molar-refractivity contribution >= 4 is 57.5 Å². The summed E-state index contributed by atoms with van der Waals surface area (Å²) in [6.07, 6.45) is 1.52. The Morgan fingerprint density at radius 3 is 2.34 bits per heavy atom. The van der Waals surface area contributed by atoms with Crippen LogP contribution in [-0.4, -0.2) is 15.9 Å². The molecule has 0 saturated carbocycles. The second kappa shape index (κ2) is 8.82. The fourth-order valence-corrected chi connectivity index (χ4v) is 4.54. The molecular weight excluding hydrogens is 425 g/mol. The Labute approximate surface area is 182 Å². The molecule has 0 aliphatic rings. The van der Waals surface area contributed by atoms with E-state index in [4.69, 9.17) is 23.2 Å². The molecule has 1 atom stereocenters. The number of hydrogen-bond donors (Lipinski definition) is 1. The highest BCUT2D eigenvalue weighted by Gasteiger charge is 2.24. The van der Waals surface area contributed by atoms with Gasteiger partial charge in [0.25, 0.3) is 0 Å². The molecule has 0 unspecified atom stereocenters. The third kappa shape index (κ3) is 4.70. The van der Waals surface area contributed by atoms with Crippen LogP contribution in [0.1, 0.15) is 10.8 Å². The van der Waals surface area contributed by atoms with E-state index >= 15 is 0 Å². The van der Waals surface area contributed by atoms with E-state index < -0.39 is 5.25 Å². The summed E-state index contributed by atoms with van der Waals surface area (Å²) in [5.74, 6) is -0.192. The summed E-state index contributed by atoms with van der Waals surface area (Å²) in [6.45, 7) is 0. The van der Waals surface area contributed by atoms with Crippen LogP contribution in [0.15, 0.2) is 84.1 Å². The topological polar surface area (TPSA) is 54.9 Å². The number of nitrogens with one attached hydrogen (secondary N) is 1. The molecule has 0 bridgehead atoms. The summed E-state index contributed by atoms with van der Waals surface area (Å²) in [6, 6.07) is 22.3. The molecule has 1 amide bonds. The number of anilines is 1. The second-order valence-electron chi connectivity index (χ2n) is 6.25. The molecule has 29 heavy (non-hydrogen) atoms. The number of thioether (sulfide) groups is 1. The maximum Gasteiger partial charge on any atom is 0.242 e. The van der Waals surface area contributed by atoms with Crippen LogP contribution >= 0.6 is 35.0 Å². The first kappa shape index (κ1) is 19.7. The molecule has 1 aromatic heterocycles. The fraction of sp³-hybridized carbons (Fsp3) is 0.0455. The first-order valence-corrected chi connectivity index (χ1v) is 10.4. The van der Waals surface area contributed by atoms with Gasteiger partial charge in [-0.3, -0.25) is 4.79 Å². The average molecular weight is 440 g/mol. The molecule has 0 spiro atoms. The van der Waals surface area contributed by atoms with Gasteiger partial charge in [0.15, 0.2) is 0 Å². The van der Waals surface area contributed by atoms with E-state index in [2.05, 4.69) is 15.3 Å². The number of fused-ring (bicyclic) bond motifs is 1. The van der Waals surface area contributed by atoms with Crippen LogP contribution in [0.4, 0.5) is 5.69 Å². The van der Waals surface area contributed by atoms with Crippen LogP contribution in [0.25, 0.3) is 10.9 Å². The summed E-state index contributed by atoms with van der Waals surface area (Å²) in [5, 5.41) is 4.95. The predicted molar refractivity (Wildman–Crippen MR) is 120 cm³/mol. The highest BCUT2D eigenvalue weighted by Crippen LogP contribution is 2.38. The van der Waals surface area contributed by atoms with Gasteiger partial charge in [-0.25, -0.2) is 9.97 Å². The van der Waals surface area contributed by atoms with Gasteiger partial charge in [-0.15, -0.1) is 0 Å². The smallest absolute Gasteiger partial charge is 0.242 e. The van der Waals surface area contributed by atoms with Crippen molar-refractivity contribution in [3.05, 3.63) is 94.7 Å². The Morgan fingerprint density at radius 1 is 0.897 bits per heavy atom. The standard InChI is InChI=1S/C22H15Cl2N3OS/c23-15-10-16(24)12-17(11-15)27-21(28)20(14-6-2-1-3-7-14)29-22-18-8-4-5-9-19(18)25-13-26-22/h1-13,20H,(H,27,28)/t20-/m0/s1. The summed E-state index contributed by atoms with van der Waals surface area (Å²) in [7, 11) is 0. The number of carbonyl (C=O) groups excluding carboxylic acids is 1. The minimum absolute atomic E-state index is 0.192. The number of para-hydroxylation sites is 1. The molecule has 0 radical (unpaired) electrons. The normalized spacial score (nSPS) is 11.9. The quantitative estimate of drug-likeness (QED) is 0.288. The molecule has 0 saturated heterocycles. The van der Waals surface area contributed by atoms with Crippen molar-refractivity contribution in [1.82, 2.24) is 9.97 Å². The van der Waals surface area contributed by atoms with E-state index in [-0.39, 0.29) is 5.91 Å². The SMILES string of the molecule is O=C(Nc1cc(Cl)cc(Cl)c1)[C@@H](Sc1ncnc2ccccc12)c1ccccc1. The van der Waals surface area contributed by atoms with Crippen molar-refractivity contribution in [2.24, 2.45) is 0 Å². The summed E-state index contributed by atoms with van der Waals surface area (Å²) in [5.41, 5.74) is 2.24. The van der Waals surface area contributed by atoms with Crippen LogP contribution in [0.3, 0.4) is 0 Å².